The molecule has 2 rings (SSSR count). The number of halogens is 1. The van der Waals surface area contributed by atoms with Crippen molar-refractivity contribution in [3.8, 4) is 0 Å². The van der Waals surface area contributed by atoms with Crippen LogP contribution in [0.4, 0.5) is 0 Å². The summed E-state index contributed by atoms with van der Waals surface area (Å²) in [5.74, 6) is 0.326. The van der Waals surface area contributed by atoms with Gasteiger partial charge in [-0.2, -0.15) is 0 Å². The molecule has 1 nitrogen and oxygen atoms in total. The fraction of sp³-hybridized carbons (Fsp3) is 0.444. The van der Waals surface area contributed by atoms with Crippen LogP contribution in [0.5, 0.6) is 0 Å². The lowest BCUT2D eigenvalue weighted by molar-refractivity contribution is 0.0970. The molecule has 0 aliphatic heterocycles. The molecule has 70 valence electrons. The van der Waals surface area contributed by atoms with Crippen molar-refractivity contribution < 1.29 is 4.79 Å². The van der Waals surface area contributed by atoms with Gasteiger partial charge in [0.25, 0.3) is 0 Å². The Labute approximate surface area is 94.0 Å². The smallest absolute Gasteiger partial charge is 0.165 e. The van der Waals surface area contributed by atoms with Gasteiger partial charge in [0.1, 0.15) is 0 Å². The highest BCUT2D eigenvalue weighted by molar-refractivity contribution is 9.11. The molecule has 1 aromatic rings. The van der Waals surface area contributed by atoms with Gasteiger partial charge in [-0.15, -0.1) is 23.1 Å². The maximum atomic E-state index is 11.7. The van der Waals surface area contributed by atoms with Gasteiger partial charge in [-0.3, -0.25) is 4.79 Å². The van der Waals surface area contributed by atoms with Gasteiger partial charge in [0.2, 0.25) is 0 Å². The molecule has 0 radical (unpaired) electrons. The standard InChI is InChI=1S/C9H9BrOS2/c1-12-9-7-5(8(10)13-9)3-2-4-6(7)11/h2-4H2,1H3. The zero-order chi connectivity index (χ0) is 9.42. The van der Waals surface area contributed by atoms with E-state index in [2.05, 4.69) is 15.9 Å². The highest BCUT2D eigenvalue weighted by atomic mass is 79.9. The first-order chi connectivity index (χ1) is 6.24. The van der Waals surface area contributed by atoms with Crippen molar-refractivity contribution >= 4 is 44.8 Å². The first kappa shape index (κ1) is 9.74. The fourth-order valence-electron chi connectivity index (χ4n) is 1.62. The van der Waals surface area contributed by atoms with Crippen molar-refractivity contribution in [2.45, 2.75) is 23.5 Å². The molecule has 0 atom stereocenters. The first-order valence-corrected chi connectivity index (χ1v) is 6.96. The van der Waals surface area contributed by atoms with Crippen molar-refractivity contribution in [1.82, 2.24) is 0 Å². The Kier molecular flexibility index (Phi) is 2.81. The molecule has 0 amide bonds. The number of fused-ring (bicyclic) bond motifs is 1. The Morgan fingerprint density at radius 3 is 2.92 bits per heavy atom. The number of thiophene rings is 1. The molecule has 1 aliphatic rings. The topological polar surface area (TPSA) is 17.1 Å². The molecule has 0 spiro atoms. The summed E-state index contributed by atoms with van der Waals surface area (Å²) in [4.78, 5) is 11.7. The third-order valence-electron chi connectivity index (χ3n) is 2.22. The molecule has 13 heavy (non-hydrogen) atoms. The summed E-state index contributed by atoms with van der Waals surface area (Å²) in [6.45, 7) is 0. The number of ketones is 1. The highest BCUT2D eigenvalue weighted by Crippen LogP contribution is 2.41. The maximum Gasteiger partial charge on any atom is 0.165 e. The summed E-state index contributed by atoms with van der Waals surface area (Å²) in [7, 11) is 0. The van der Waals surface area contributed by atoms with E-state index in [-0.39, 0.29) is 0 Å². The average Bonchev–Trinajstić information content (AvgIpc) is 2.45. The van der Waals surface area contributed by atoms with Gasteiger partial charge >= 0.3 is 0 Å². The van der Waals surface area contributed by atoms with E-state index in [0.717, 1.165) is 28.6 Å². The van der Waals surface area contributed by atoms with Gasteiger partial charge in [0.05, 0.1) is 8.00 Å². The molecule has 0 bridgehead atoms. The minimum Gasteiger partial charge on any atom is -0.294 e. The van der Waals surface area contributed by atoms with E-state index >= 15 is 0 Å². The van der Waals surface area contributed by atoms with Crippen LogP contribution in [-0.4, -0.2) is 12.0 Å². The van der Waals surface area contributed by atoms with Crippen LogP contribution in [0.1, 0.15) is 28.8 Å². The number of Topliss-reactive ketones (excluding diaryl/α,β-unsaturated/α-hetero) is 1. The van der Waals surface area contributed by atoms with Crippen molar-refractivity contribution in [1.29, 1.82) is 0 Å². The summed E-state index contributed by atoms with van der Waals surface area (Å²) in [5, 5.41) is 0. The number of hydrogen-bond donors (Lipinski definition) is 0. The molecule has 0 saturated heterocycles. The Bertz CT molecular complexity index is 357. The lowest BCUT2D eigenvalue weighted by Crippen LogP contribution is -2.09. The summed E-state index contributed by atoms with van der Waals surface area (Å²) in [6.07, 6.45) is 4.82. The molecule has 0 fully saturated rings. The minimum atomic E-state index is 0.326. The molecule has 4 heteroatoms. The number of carbonyl (C=O) groups is 1. The van der Waals surface area contributed by atoms with Crippen LogP contribution < -0.4 is 0 Å². The van der Waals surface area contributed by atoms with E-state index in [1.165, 1.54) is 9.77 Å². The quantitative estimate of drug-likeness (QED) is 0.727. The van der Waals surface area contributed by atoms with Gasteiger partial charge in [0, 0.05) is 12.0 Å². The van der Waals surface area contributed by atoms with E-state index < -0.39 is 0 Å². The zero-order valence-electron chi connectivity index (χ0n) is 7.22. The molecule has 1 aliphatic carbocycles. The molecule has 0 unspecified atom stereocenters. The van der Waals surface area contributed by atoms with Crippen LogP contribution in [0.3, 0.4) is 0 Å². The Morgan fingerprint density at radius 1 is 1.46 bits per heavy atom. The van der Waals surface area contributed by atoms with Crippen molar-refractivity contribution in [2.24, 2.45) is 0 Å². The average molecular weight is 277 g/mol. The summed E-state index contributed by atoms with van der Waals surface area (Å²) >= 11 is 6.89. The largest absolute Gasteiger partial charge is 0.294 e. The van der Waals surface area contributed by atoms with Crippen molar-refractivity contribution in [3.05, 3.63) is 14.9 Å². The fourth-order valence-corrected chi connectivity index (χ4v) is 4.67. The normalized spacial score (nSPS) is 16.0. The first-order valence-electron chi connectivity index (χ1n) is 4.12. The summed E-state index contributed by atoms with van der Waals surface area (Å²) in [5.41, 5.74) is 2.24. The second-order valence-electron chi connectivity index (χ2n) is 3.00. The summed E-state index contributed by atoms with van der Waals surface area (Å²) < 4.78 is 2.33. The van der Waals surface area contributed by atoms with Crippen LogP contribution in [-0.2, 0) is 6.42 Å². The van der Waals surface area contributed by atoms with Gasteiger partial charge in [-0.05, 0) is 40.6 Å². The number of rotatable bonds is 1. The molecule has 1 heterocycles. The van der Waals surface area contributed by atoms with E-state index in [4.69, 9.17) is 0 Å². The molecule has 0 aromatic carbocycles. The van der Waals surface area contributed by atoms with Gasteiger partial charge in [-0.25, -0.2) is 0 Å². The molecule has 0 N–H and O–H groups in total. The van der Waals surface area contributed by atoms with Gasteiger partial charge in [0.15, 0.2) is 5.78 Å². The zero-order valence-corrected chi connectivity index (χ0v) is 10.4. The molecule has 0 saturated carbocycles. The predicted molar refractivity (Wildman–Crippen MR) is 61.1 cm³/mol. The highest BCUT2D eigenvalue weighted by Gasteiger charge is 2.25. The van der Waals surface area contributed by atoms with Gasteiger partial charge < -0.3 is 0 Å². The molecular weight excluding hydrogens is 268 g/mol. The number of hydrogen-bond acceptors (Lipinski definition) is 3. The van der Waals surface area contributed by atoms with E-state index in [1.807, 2.05) is 6.26 Å². The van der Waals surface area contributed by atoms with E-state index in [1.54, 1.807) is 23.1 Å². The van der Waals surface area contributed by atoms with Crippen LogP contribution in [0, 0.1) is 0 Å². The van der Waals surface area contributed by atoms with Crippen LogP contribution in [0.2, 0.25) is 0 Å². The second kappa shape index (κ2) is 3.75. The third kappa shape index (κ3) is 1.60. The Balaban J connectivity index is 2.58. The third-order valence-corrected chi connectivity index (χ3v) is 5.32. The predicted octanol–water partition coefficient (Wildman–Crippen LogP) is 3.75. The number of carbonyl (C=O) groups excluding carboxylic acids is 1. The minimum absolute atomic E-state index is 0.326. The SMILES string of the molecule is CSc1sc(Br)c2c1C(=O)CCC2. The van der Waals surface area contributed by atoms with Crippen molar-refractivity contribution in [2.75, 3.05) is 6.26 Å². The van der Waals surface area contributed by atoms with Crippen LogP contribution >= 0.6 is 39.0 Å². The monoisotopic (exact) mass is 276 g/mol. The van der Waals surface area contributed by atoms with Gasteiger partial charge in [-0.1, -0.05) is 0 Å². The Hall–Kier alpha value is 0.200. The van der Waals surface area contributed by atoms with Crippen LogP contribution in [0.15, 0.2) is 8.00 Å². The van der Waals surface area contributed by atoms with E-state index in [0.29, 0.717) is 5.78 Å². The van der Waals surface area contributed by atoms with Crippen molar-refractivity contribution in [3.63, 3.8) is 0 Å². The molecular formula is C9H9BrOS2. The number of thioether (sulfide) groups is 1. The Morgan fingerprint density at radius 2 is 2.23 bits per heavy atom. The second-order valence-corrected chi connectivity index (χ2v) is 6.41. The lowest BCUT2D eigenvalue weighted by Gasteiger charge is -2.11. The molecule has 1 aromatic heterocycles. The van der Waals surface area contributed by atoms with E-state index in [9.17, 15) is 4.79 Å². The maximum absolute atomic E-state index is 11.7. The summed E-state index contributed by atoms with van der Waals surface area (Å²) in [6, 6.07) is 0. The lowest BCUT2D eigenvalue weighted by atomic mass is 9.95. The van der Waals surface area contributed by atoms with Crippen LogP contribution in [0.25, 0.3) is 0 Å².